The van der Waals surface area contributed by atoms with Gasteiger partial charge in [0.25, 0.3) is 0 Å². The molecule has 0 aromatic heterocycles. The fourth-order valence-corrected chi connectivity index (χ4v) is 2.47. The van der Waals surface area contributed by atoms with E-state index >= 15 is 0 Å². The van der Waals surface area contributed by atoms with Crippen molar-refractivity contribution in [1.29, 1.82) is 0 Å². The second-order valence-electron chi connectivity index (χ2n) is 4.92. The van der Waals surface area contributed by atoms with E-state index in [4.69, 9.17) is 0 Å². The van der Waals surface area contributed by atoms with Crippen molar-refractivity contribution in [2.75, 3.05) is 20.2 Å². The minimum Gasteiger partial charge on any atom is -0.465 e. The lowest BCUT2D eigenvalue weighted by molar-refractivity contribution is 0.0600. The van der Waals surface area contributed by atoms with Gasteiger partial charge in [-0.15, -0.1) is 12.4 Å². The topological polar surface area (TPSA) is 38.3 Å². The van der Waals surface area contributed by atoms with E-state index in [1.165, 1.54) is 31.9 Å². The number of piperidine rings is 1. The molecule has 1 heterocycles. The van der Waals surface area contributed by atoms with E-state index in [0.29, 0.717) is 5.56 Å². The average Bonchev–Trinajstić information content (AvgIpc) is 2.46. The van der Waals surface area contributed by atoms with Gasteiger partial charge in [-0.2, -0.15) is 0 Å². The quantitative estimate of drug-likeness (QED) is 0.864. The molecule has 0 unspecified atom stereocenters. The Morgan fingerprint density at radius 2 is 1.89 bits per heavy atom. The number of nitrogens with one attached hydrogen (secondary N) is 1. The molecule has 0 saturated carbocycles. The maximum absolute atomic E-state index is 11.3. The van der Waals surface area contributed by atoms with Crippen LogP contribution in [0.15, 0.2) is 24.3 Å². The van der Waals surface area contributed by atoms with Crippen molar-refractivity contribution in [2.45, 2.75) is 25.7 Å². The molecule has 1 aromatic carbocycles. The van der Waals surface area contributed by atoms with Gasteiger partial charge in [0.05, 0.1) is 12.7 Å². The van der Waals surface area contributed by atoms with E-state index in [-0.39, 0.29) is 18.4 Å². The van der Waals surface area contributed by atoms with Crippen LogP contribution < -0.4 is 5.32 Å². The van der Waals surface area contributed by atoms with Gasteiger partial charge >= 0.3 is 5.97 Å². The van der Waals surface area contributed by atoms with Crippen molar-refractivity contribution in [2.24, 2.45) is 5.92 Å². The molecule has 1 aromatic rings. The number of rotatable bonds is 4. The standard InChI is InChI=1S/C15H21NO2.ClH/c1-18-15(17)14-6-4-12(5-7-14)2-3-13-8-10-16-11-9-13;/h4-7,13,16H,2-3,8-11H2,1H3;1H. The zero-order valence-corrected chi connectivity index (χ0v) is 12.2. The molecule has 1 fully saturated rings. The predicted octanol–water partition coefficient (Wildman–Crippen LogP) is 2.83. The van der Waals surface area contributed by atoms with Crippen LogP contribution in [-0.2, 0) is 11.2 Å². The number of hydrogen-bond acceptors (Lipinski definition) is 3. The maximum Gasteiger partial charge on any atom is 0.337 e. The lowest BCUT2D eigenvalue weighted by Gasteiger charge is -2.22. The zero-order chi connectivity index (χ0) is 12.8. The Morgan fingerprint density at radius 1 is 1.26 bits per heavy atom. The molecule has 2 rings (SSSR count). The monoisotopic (exact) mass is 283 g/mol. The molecule has 4 heteroatoms. The summed E-state index contributed by atoms with van der Waals surface area (Å²) in [6, 6.07) is 7.77. The van der Waals surface area contributed by atoms with Crippen molar-refractivity contribution in [3.63, 3.8) is 0 Å². The van der Waals surface area contributed by atoms with E-state index < -0.39 is 0 Å². The fourth-order valence-electron chi connectivity index (χ4n) is 2.47. The largest absolute Gasteiger partial charge is 0.465 e. The smallest absolute Gasteiger partial charge is 0.337 e. The van der Waals surface area contributed by atoms with Crippen LogP contribution in [0, 0.1) is 5.92 Å². The highest BCUT2D eigenvalue weighted by atomic mass is 35.5. The first-order valence-corrected chi connectivity index (χ1v) is 6.67. The Hall–Kier alpha value is -1.06. The normalized spacial score (nSPS) is 15.6. The average molecular weight is 284 g/mol. The lowest BCUT2D eigenvalue weighted by Crippen LogP contribution is -2.27. The number of carbonyl (C=O) groups is 1. The number of hydrogen-bond donors (Lipinski definition) is 1. The molecule has 0 radical (unpaired) electrons. The Kier molecular flexibility index (Phi) is 6.89. The molecule has 19 heavy (non-hydrogen) atoms. The molecule has 0 amide bonds. The van der Waals surface area contributed by atoms with Gasteiger partial charge in [-0.25, -0.2) is 4.79 Å². The highest BCUT2D eigenvalue weighted by Crippen LogP contribution is 2.19. The third-order valence-corrected chi connectivity index (χ3v) is 3.68. The molecule has 1 saturated heterocycles. The summed E-state index contributed by atoms with van der Waals surface area (Å²) in [4.78, 5) is 11.3. The number of halogens is 1. The third-order valence-electron chi connectivity index (χ3n) is 3.68. The number of benzene rings is 1. The minimum absolute atomic E-state index is 0. The summed E-state index contributed by atoms with van der Waals surface area (Å²) in [6.45, 7) is 2.32. The van der Waals surface area contributed by atoms with E-state index in [1.54, 1.807) is 0 Å². The van der Waals surface area contributed by atoms with Crippen molar-refractivity contribution < 1.29 is 9.53 Å². The molecule has 3 nitrogen and oxygen atoms in total. The number of ether oxygens (including phenoxy) is 1. The van der Waals surface area contributed by atoms with Crippen LogP contribution >= 0.6 is 12.4 Å². The molecule has 0 atom stereocenters. The second-order valence-corrected chi connectivity index (χ2v) is 4.92. The molecule has 106 valence electrons. The predicted molar refractivity (Wildman–Crippen MR) is 78.9 cm³/mol. The molecule has 1 N–H and O–H groups in total. The molecule has 0 bridgehead atoms. The minimum atomic E-state index is -0.264. The number of esters is 1. The van der Waals surface area contributed by atoms with Crippen LogP contribution in [0.3, 0.4) is 0 Å². The van der Waals surface area contributed by atoms with Crippen LogP contribution in [0.5, 0.6) is 0 Å². The van der Waals surface area contributed by atoms with Gasteiger partial charge in [0.2, 0.25) is 0 Å². The van der Waals surface area contributed by atoms with Gasteiger partial charge < -0.3 is 10.1 Å². The van der Waals surface area contributed by atoms with Crippen molar-refractivity contribution in [3.8, 4) is 0 Å². The molecule has 1 aliphatic heterocycles. The zero-order valence-electron chi connectivity index (χ0n) is 11.4. The maximum atomic E-state index is 11.3. The van der Waals surface area contributed by atoms with E-state index in [2.05, 4.69) is 10.1 Å². The van der Waals surface area contributed by atoms with Crippen LogP contribution in [0.25, 0.3) is 0 Å². The molecule has 0 spiro atoms. The van der Waals surface area contributed by atoms with Crippen molar-refractivity contribution in [1.82, 2.24) is 5.32 Å². The Labute approximate surface area is 121 Å². The van der Waals surface area contributed by atoms with Crippen LogP contribution in [-0.4, -0.2) is 26.2 Å². The van der Waals surface area contributed by atoms with Crippen molar-refractivity contribution in [3.05, 3.63) is 35.4 Å². The van der Waals surface area contributed by atoms with E-state index in [1.807, 2.05) is 24.3 Å². The summed E-state index contributed by atoms with van der Waals surface area (Å²) in [7, 11) is 1.41. The molecular weight excluding hydrogens is 262 g/mol. The van der Waals surface area contributed by atoms with Gasteiger partial charge in [0.1, 0.15) is 0 Å². The lowest BCUT2D eigenvalue weighted by atomic mass is 9.91. The molecular formula is C15H22ClNO2. The summed E-state index contributed by atoms with van der Waals surface area (Å²) in [6.07, 6.45) is 4.94. The SMILES string of the molecule is COC(=O)c1ccc(CCC2CCNCC2)cc1.Cl. The number of methoxy groups -OCH3 is 1. The number of aryl methyl sites for hydroxylation is 1. The van der Waals surface area contributed by atoms with Crippen LogP contribution in [0.4, 0.5) is 0 Å². The Balaban J connectivity index is 0.00000180. The van der Waals surface area contributed by atoms with Crippen LogP contribution in [0.2, 0.25) is 0 Å². The summed E-state index contributed by atoms with van der Waals surface area (Å²) in [5.74, 6) is 0.589. The molecule has 0 aliphatic carbocycles. The summed E-state index contributed by atoms with van der Waals surface area (Å²) in [5.41, 5.74) is 1.93. The summed E-state index contributed by atoms with van der Waals surface area (Å²) >= 11 is 0. The third kappa shape index (κ3) is 4.84. The number of carbonyl (C=O) groups excluding carboxylic acids is 1. The first-order valence-electron chi connectivity index (χ1n) is 6.67. The Bertz CT molecular complexity index is 386. The fraction of sp³-hybridized carbons (Fsp3) is 0.533. The molecule has 1 aliphatic rings. The first-order chi connectivity index (χ1) is 8.79. The van der Waals surface area contributed by atoms with Gasteiger partial charge in [-0.05, 0) is 62.4 Å². The summed E-state index contributed by atoms with van der Waals surface area (Å²) in [5, 5.41) is 3.39. The first kappa shape index (κ1) is 16.0. The van der Waals surface area contributed by atoms with E-state index in [9.17, 15) is 4.79 Å². The van der Waals surface area contributed by atoms with Gasteiger partial charge in [-0.1, -0.05) is 12.1 Å². The van der Waals surface area contributed by atoms with Gasteiger partial charge in [0, 0.05) is 0 Å². The summed E-state index contributed by atoms with van der Waals surface area (Å²) < 4.78 is 4.69. The van der Waals surface area contributed by atoms with E-state index in [0.717, 1.165) is 25.4 Å². The highest BCUT2D eigenvalue weighted by Gasteiger charge is 2.12. The van der Waals surface area contributed by atoms with Crippen LogP contribution in [0.1, 0.15) is 35.2 Å². The van der Waals surface area contributed by atoms with Crippen molar-refractivity contribution >= 4 is 18.4 Å². The highest BCUT2D eigenvalue weighted by molar-refractivity contribution is 5.89. The van der Waals surface area contributed by atoms with Gasteiger partial charge in [-0.3, -0.25) is 0 Å². The second kappa shape index (κ2) is 8.18. The van der Waals surface area contributed by atoms with Gasteiger partial charge in [0.15, 0.2) is 0 Å². The Morgan fingerprint density at radius 3 is 2.47 bits per heavy atom.